The number of aryl methyl sites for hydroxylation is 1. The second-order valence-corrected chi connectivity index (χ2v) is 8.34. The topological polar surface area (TPSA) is 42.9 Å². The number of benzene rings is 2. The van der Waals surface area contributed by atoms with Gasteiger partial charge >= 0.3 is 0 Å². The highest BCUT2D eigenvalue weighted by Gasteiger charge is 2.47. The van der Waals surface area contributed by atoms with E-state index in [1.165, 1.54) is 17.4 Å². The molecule has 4 aromatic rings. The number of fused-ring (bicyclic) bond motifs is 1. The molecule has 0 atom stereocenters. The number of hydrogen-bond acceptors (Lipinski definition) is 4. The van der Waals surface area contributed by atoms with Gasteiger partial charge in [0, 0.05) is 18.4 Å². The van der Waals surface area contributed by atoms with Crippen molar-refractivity contribution < 1.29 is 9.18 Å². The number of carbonyl (C=O) groups is 1. The van der Waals surface area contributed by atoms with Crippen molar-refractivity contribution in [2.75, 3.05) is 0 Å². The number of halogens is 1. The normalized spacial score (nSPS) is 15.6. The van der Waals surface area contributed by atoms with Crippen LogP contribution in [0.25, 0.3) is 20.9 Å². The number of rotatable bonds is 3. The maximum atomic E-state index is 14.4. The van der Waals surface area contributed by atoms with Crippen LogP contribution >= 0.6 is 11.3 Å². The Kier molecular flexibility index (Phi) is 3.88. The zero-order valence-electron chi connectivity index (χ0n) is 15.3. The van der Waals surface area contributed by atoms with Gasteiger partial charge in [-0.1, -0.05) is 47.7 Å². The van der Waals surface area contributed by atoms with Crippen LogP contribution in [0, 0.1) is 12.7 Å². The largest absolute Gasteiger partial charge is 0.300 e. The molecular weight excluding hydrogens is 371 g/mol. The van der Waals surface area contributed by atoms with Crippen molar-refractivity contribution >= 4 is 27.5 Å². The lowest BCUT2D eigenvalue weighted by Gasteiger charge is -2.40. The maximum absolute atomic E-state index is 14.4. The molecule has 0 amide bonds. The van der Waals surface area contributed by atoms with Crippen LogP contribution in [0.3, 0.4) is 0 Å². The van der Waals surface area contributed by atoms with Crippen molar-refractivity contribution in [3.8, 4) is 10.6 Å². The highest BCUT2D eigenvalue weighted by atomic mass is 32.1. The van der Waals surface area contributed by atoms with Crippen LogP contribution in [0.1, 0.15) is 29.7 Å². The second-order valence-electron chi connectivity index (χ2n) is 7.36. The Bertz CT molecular complexity index is 1210. The fraction of sp³-hybridized carbons (Fsp3) is 0.174. The van der Waals surface area contributed by atoms with Gasteiger partial charge in [-0.2, -0.15) is 0 Å². The van der Waals surface area contributed by atoms with Gasteiger partial charge in [-0.05, 0) is 42.3 Å². The number of pyridine rings is 1. The summed E-state index contributed by atoms with van der Waals surface area (Å²) in [5, 5.41) is 0.621. The summed E-state index contributed by atoms with van der Waals surface area (Å²) in [6, 6.07) is 19.1. The first kappa shape index (κ1) is 17.2. The molecular formula is C23H17FN2OS. The predicted molar refractivity (Wildman–Crippen MR) is 109 cm³/mol. The molecule has 0 bridgehead atoms. The molecule has 28 heavy (non-hydrogen) atoms. The van der Waals surface area contributed by atoms with E-state index in [1.807, 2.05) is 43.3 Å². The van der Waals surface area contributed by atoms with Gasteiger partial charge in [0.15, 0.2) is 0 Å². The lowest BCUT2D eigenvalue weighted by atomic mass is 9.61. The van der Waals surface area contributed by atoms with Gasteiger partial charge in [0.25, 0.3) is 0 Å². The highest BCUT2D eigenvalue weighted by molar-refractivity contribution is 7.21. The van der Waals surface area contributed by atoms with Gasteiger partial charge < -0.3 is 0 Å². The SMILES string of the molecule is Cc1ccc(-c2nc3ccc(C4(c5ccccc5)CC(=O)C4)nc3s2)c(F)c1. The number of carbonyl (C=O) groups excluding carboxylic acids is 1. The molecule has 2 aromatic heterocycles. The molecule has 0 unspecified atom stereocenters. The van der Waals surface area contributed by atoms with E-state index in [2.05, 4.69) is 17.1 Å². The van der Waals surface area contributed by atoms with Crippen LogP contribution in [0.15, 0.2) is 60.7 Å². The monoisotopic (exact) mass is 388 g/mol. The molecule has 1 aliphatic carbocycles. The van der Waals surface area contributed by atoms with E-state index in [4.69, 9.17) is 4.98 Å². The summed E-state index contributed by atoms with van der Waals surface area (Å²) in [7, 11) is 0. The smallest absolute Gasteiger partial charge is 0.144 e. The Morgan fingerprint density at radius 2 is 1.79 bits per heavy atom. The average Bonchev–Trinajstić information content (AvgIpc) is 3.09. The van der Waals surface area contributed by atoms with Gasteiger partial charge in [-0.3, -0.25) is 4.79 Å². The third-order valence-corrected chi connectivity index (χ3v) is 6.42. The number of Topliss-reactive ketones (excluding diaryl/α,β-unsaturated/α-hetero) is 1. The van der Waals surface area contributed by atoms with Crippen LogP contribution < -0.4 is 0 Å². The molecule has 0 aliphatic heterocycles. The molecule has 5 heteroatoms. The Morgan fingerprint density at radius 3 is 2.50 bits per heavy atom. The minimum absolute atomic E-state index is 0.248. The third kappa shape index (κ3) is 2.66. The molecule has 2 aromatic carbocycles. The zero-order valence-corrected chi connectivity index (χ0v) is 16.1. The first-order valence-corrected chi connectivity index (χ1v) is 9.99. The van der Waals surface area contributed by atoms with E-state index in [9.17, 15) is 9.18 Å². The van der Waals surface area contributed by atoms with Crippen LogP contribution in [0.4, 0.5) is 4.39 Å². The molecule has 0 spiro atoms. The van der Waals surface area contributed by atoms with Gasteiger partial charge in [0.2, 0.25) is 0 Å². The Hall–Kier alpha value is -2.92. The fourth-order valence-electron chi connectivity index (χ4n) is 3.90. The summed E-state index contributed by atoms with van der Waals surface area (Å²) < 4.78 is 14.4. The minimum atomic E-state index is -0.369. The summed E-state index contributed by atoms with van der Waals surface area (Å²) in [5.41, 5.74) is 3.74. The van der Waals surface area contributed by atoms with Gasteiger partial charge in [0.1, 0.15) is 27.0 Å². The summed E-state index contributed by atoms with van der Waals surface area (Å²) >= 11 is 1.38. The van der Waals surface area contributed by atoms with E-state index in [1.54, 1.807) is 6.07 Å². The zero-order chi connectivity index (χ0) is 19.3. The molecule has 0 saturated heterocycles. The first-order valence-electron chi connectivity index (χ1n) is 9.17. The number of thiazole rings is 1. The first-order chi connectivity index (χ1) is 13.5. The van der Waals surface area contributed by atoms with Crippen molar-refractivity contribution in [2.45, 2.75) is 25.2 Å². The van der Waals surface area contributed by atoms with E-state index < -0.39 is 0 Å². The van der Waals surface area contributed by atoms with Gasteiger partial charge in [-0.25, -0.2) is 14.4 Å². The molecule has 1 saturated carbocycles. The lowest BCUT2D eigenvalue weighted by molar-refractivity contribution is -0.127. The number of hydrogen-bond donors (Lipinski definition) is 0. The molecule has 0 radical (unpaired) electrons. The Labute approximate surface area is 165 Å². The van der Waals surface area contributed by atoms with Crippen LogP contribution in [0.2, 0.25) is 0 Å². The molecule has 1 fully saturated rings. The number of nitrogens with zero attached hydrogens (tertiary/aromatic N) is 2. The fourth-order valence-corrected chi connectivity index (χ4v) is 4.87. The van der Waals surface area contributed by atoms with Crippen molar-refractivity contribution in [2.24, 2.45) is 0 Å². The van der Waals surface area contributed by atoms with Crippen molar-refractivity contribution in [1.82, 2.24) is 9.97 Å². The second kappa shape index (κ2) is 6.31. The molecule has 2 heterocycles. The lowest BCUT2D eigenvalue weighted by Crippen LogP contribution is -2.43. The van der Waals surface area contributed by atoms with Crippen molar-refractivity contribution in [1.29, 1.82) is 0 Å². The summed E-state index contributed by atoms with van der Waals surface area (Å²) in [6.07, 6.45) is 0.932. The molecule has 138 valence electrons. The van der Waals surface area contributed by atoms with E-state index >= 15 is 0 Å². The highest BCUT2D eigenvalue weighted by Crippen LogP contribution is 2.46. The van der Waals surface area contributed by atoms with Crippen molar-refractivity contribution in [3.05, 3.63) is 83.3 Å². The van der Waals surface area contributed by atoms with E-state index in [0.717, 1.165) is 27.2 Å². The Morgan fingerprint density at radius 1 is 1.00 bits per heavy atom. The molecule has 5 rings (SSSR count). The van der Waals surface area contributed by atoms with Crippen molar-refractivity contribution in [3.63, 3.8) is 0 Å². The standard InChI is InChI=1S/C23H17FN2OS/c1-14-7-8-17(18(24)11-14)21-25-19-9-10-20(26-22(19)28-21)23(12-16(27)13-23)15-5-3-2-4-6-15/h2-11H,12-13H2,1H3. The minimum Gasteiger partial charge on any atom is -0.300 e. The number of aromatic nitrogens is 2. The summed E-state index contributed by atoms with van der Waals surface area (Å²) in [4.78, 5) is 22.1. The molecule has 1 aliphatic rings. The maximum Gasteiger partial charge on any atom is 0.144 e. The van der Waals surface area contributed by atoms with Crippen LogP contribution in [0.5, 0.6) is 0 Å². The molecule has 0 N–H and O–H groups in total. The van der Waals surface area contributed by atoms with Gasteiger partial charge in [-0.15, -0.1) is 0 Å². The van der Waals surface area contributed by atoms with Gasteiger partial charge in [0.05, 0.1) is 11.1 Å². The van der Waals surface area contributed by atoms with Crippen LogP contribution in [-0.2, 0) is 10.2 Å². The van der Waals surface area contributed by atoms with E-state index in [0.29, 0.717) is 23.4 Å². The van der Waals surface area contributed by atoms with Crippen LogP contribution in [-0.4, -0.2) is 15.8 Å². The average molecular weight is 388 g/mol. The number of ketones is 1. The quantitative estimate of drug-likeness (QED) is 0.468. The predicted octanol–water partition coefficient (Wildman–Crippen LogP) is 5.45. The summed E-state index contributed by atoms with van der Waals surface area (Å²) in [5.74, 6) is -0.0258. The third-order valence-electron chi connectivity index (χ3n) is 5.43. The molecule has 3 nitrogen and oxygen atoms in total. The summed E-state index contributed by atoms with van der Waals surface area (Å²) in [6.45, 7) is 1.86. The van der Waals surface area contributed by atoms with E-state index in [-0.39, 0.29) is 17.0 Å². The Balaban J connectivity index is 1.61.